The van der Waals surface area contributed by atoms with Gasteiger partial charge < -0.3 is 19.1 Å². The molecule has 0 radical (unpaired) electrons. The third kappa shape index (κ3) is 2.10. The van der Waals surface area contributed by atoms with Crippen molar-refractivity contribution in [1.29, 1.82) is 0 Å². The van der Waals surface area contributed by atoms with Crippen molar-refractivity contribution in [3.8, 4) is 0 Å². The van der Waals surface area contributed by atoms with Crippen LogP contribution in [0, 0.1) is 5.92 Å². The van der Waals surface area contributed by atoms with Crippen molar-refractivity contribution in [2.45, 2.75) is 44.5 Å². The maximum absolute atomic E-state index is 13.4. The van der Waals surface area contributed by atoms with Crippen LogP contribution < -0.4 is 0 Å². The molecule has 27 heavy (non-hydrogen) atoms. The number of fused-ring (bicyclic) bond motifs is 1. The number of benzene rings is 1. The van der Waals surface area contributed by atoms with E-state index in [1.54, 1.807) is 0 Å². The topological polar surface area (TPSA) is 54.8 Å². The molecule has 2 aromatic rings. The highest BCUT2D eigenvalue weighted by Gasteiger charge is 2.65. The van der Waals surface area contributed by atoms with Crippen LogP contribution >= 0.6 is 0 Å². The van der Waals surface area contributed by atoms with Crippen LogP contribution in [0.4, 0.5) is 0 Å². The number of nitrogens with zero attached hydrogens (tertiary/aromatic N) is 3. The Labute approximate surface area is 158 Å². The number of aryl methyl sites for hydroxylation is 1. The lowest BCUT2D eigenvalue weighted by molar-refractivity contribution is -0.139. The second kappa shape index (κ2) is 5.58. The van der Waals surface area contributed by atoms with Crippen LogP contribution in [0.5, 0.6) is 0 Å². The third-order valence-electron chi connectivity index (χ3n) is 6.69. The molecule has 0 saturated carbocycles. The predicted octanol–water partition coefficient (Wildman–Crippen LogP) is 2.38. The molecule has 0 N–H and O–H groups in total. The molecule has 3 atom stereocenters. The SMILES string of the molecule is CC(C)[C@@H]1CO[C@@]23CCN(C(=O)c4cc5ccccc5n4C)[C@@H]2CC(=O)N13. The highest BCUT2D eigenvalue weighted by atomic mass is 16.5. The van der Waals surface area contributed by atoms with E-state index in [1.807, 2.05) is 51.7 Å². The first-order chi connectivity index (χ1) is 12.9. The average Bonchev–Trinajstić information content (AvgIpc) is 3.35. The van der Waals surface area contributed by atoms with Crippen molar-refractivity contribution in [1.82, 2.24) is 14.4 Å². The highest BCUT2D eigenvalue weighted by molar-refractivity contribution is 5.99. The largest absolute Gasteiger partial charge is 0.351 e. The maximum atomic E-state index is 13.4. The van der Waals surface area contributed by atoms with E-state index in [2.05, 4.69) is 13.8 Å². The molecule has 2 amide bonds. The molecule has 3 fully saturated rings. The molecule has 1 spiro atoms. The van der Waals surface area contributed by atoms with Crippen molar-refractivity contribution in [2.75, 3.05) is 13.2 Å². The van der Waals surface area contributed by atoms with Crippen molar-refractivity contribution < 1.29 is 14.3 Å². The lowest BCUT2D eigenvalue weighted by Crippen LogP contribution is -2.51. The van der Waals surface area contributed by atoms with Crippen LogP contribution in [0.15, 0.2) is 30.3 Å². The van der Waals surface area contributed by atoms with Gasteiger partial charge in [-0.05, 0) is 18.1 Å². The maximum Gasteiger partial charge on any atom is 0.270 e. The first kappa shape index (κ1) is 16.8. The lowest BCUT2D eigenvalue weighted by Gasteiger charge is -2.34. The van der Waals surface area contributed by atoms with E-state index in [1.165, 1.54) is 0 Å². The summed E-state index contributed by atoms with van der Waals surface area (Å²) in [6.45, 7) is 5.44. The monoisotopic (exact) mass is 367 g/mol. The number of carbonyl (C=O) groups is 2. The molecule has 5 rings (SSSR count). The van der Waals surface area contributed by atoms with E-state index in [9.17, 15) is 9.59 Å². The Morgan fingerprint density at radius 3 is 2.81 bits per heavy atom. The van der Waals surface area contributed by atoms with E-state index in [0.29, 0.717) is 37.6 Å². The molecule has 3 aliphatic heterocycles. The highest BCUT2D eigenvalue weighted by Crippen LogP contribution is 2.49. The first-order valence-electron chi connectivity index (χ1n) is 9.75. The van der Waals surface area contributed by atoms with Crippen LogP contribution in [0.3, 0.4) is 0 Å². The molecule has 1 aromatic heterocycles. The number of carbonyl (C=O) groups excluding carboxylic acids is 2. The van der Waals surface area contributed by atoms with Crippen LogP contribution in [-0.2, 0) is 16.6 Å². The van der Waals surface area contributed by atoms with Gasteiger partial charge in [0, 0.05) is 30.9 Å². The summed E-state index contributed by atoms with van der Waals surface area (Å²) in [5.74, 6) is 0.447. The van der Waals surface area contributed by atoms with Crippen molar-refractivity contribution in [3.63, 3.8) is 0 Å². The summed E-state index contributed by atoms with van der Waals surface area (Å²) in [6, 6.07) is 9.86. The quantitative estimate of drug-likeness (QED) is 0.819. The normalized spacial score (nSPS) is 29.9. The zero-order valence-electron chi connectivity index (χ0n) is 16.0. The van der Waals surface area contributed by atoms with E-state index < -0.39 is 5.72 Å². The number of rotatable bonds is 2. The van der Waals surface area contributed by atoms with Gasteiger partial charge in [0.05, 0.1) is 25.1 Å². The molecule has 6 heteroatoms. The van der Waals surface area contributed by atoms with Crippen LogP contribution in [0.25, 0.3) is 10.9 Å². The summed E-state index contributed by atoms with van der Waals surface area (Å²) < 4.78 is 8.19. The van der Waals surface area contributed by atoms with Crippen LogP contribution in [0.1, 0.15) is 37.2 Å². The number of likely N-dealkylation sites (tertiary alicyclic amines) is 1. The van der Waals surface area contributed by atoms with Crippen LogP contribution in [-0.4, -0.2) is 57.1 Å². The van der Waals surface area contributed by atoms with Crippen molar-refractivity contribution in [2.24, 2.45) is 13.0 Å². The molecule has 142 valence electrons. The Morgan fingerprint density at radius 1 is 1.30 bits per heavy atom. The Balaban J connectivity index is 1.50. The van der Waals surface area contributed by atoms with Gasteiger partial charge in [-0.15, -0.1) is 0 Å². The minimum absolute atomic E-state index is 0.0122. The van der Waals surface area contributed by atoms with Gasteiger partial charge in [-0.25, -0.2) is 0 Å². The van der Waals surface area contributed by atoms with Gasteiger partial charge in [-0.1, -0.05) is 32.0 Å². The standard InChI is InChI=1S/C21H25N3O3/c1-13(2)17-12-27-21-8-9-23(18(21)11-19(25)24(17)21)20(26)16-10-14-6-4-5-7-15(14)22(16)3/h4-7,10,13,17-18H,8-9,11-12H2,1-3H3/t17-,18+,21-/m0/s1. The molecule has 3 saturated heterocycles. The van der Waals surface area contributed by atoms with Gasteiger partial charge in [0.1, 0.15) is 5.69 Å². The minimum atomic E-state index is -0.619. The van der Waals surface area contributed by atoms with Gasteiger partial charge in [0.2, 0.25) is 5.91 Å². The average molecular weight is 367 g/mol. The second-order valence-electron chi connectivity index (χ2n) is 8.35. The van der Waals surface area contributed by atoms with Gasteiger partial charge in [-0.2, -0.15) is 0 Å². The Hall–Kier alpha value is -2.34. The summed E-state index contributed by atoms with van der Waals surface area (Å²) in [7, 11) is 1.92. The van der Waals surface area contributed by atoms with Gasteiger partial charge in [-0.3, -0.25) is 9.59 Å². The van der Waals surface area contributed by atoms with E-state index in [-0.39, 0.29) is 23.9 Å². The fourth-order valence-electron chi connectivity index (χ4n) is 5.25. The van der Waals surface area contributed by atoms with Crippen molar-refractivity contribution >= 4 is 22.7 Å². The molecule has 0 aliphatic carbocycles. The second-order valence-corrected chi connectivity index (χ2v) is 8.35. The van der Waals surface area contributed by atoms with E-state index in [0.717, 1.165) is 10.9 Å². The number of hydrogen-bond donors (Lipinski definition) is 0. The van der Waals surface area contributed by atoms with E-state index in [4.69, 9.17) is 4.74 Å². The number of para-hydroxylation sites is 1. The first-order valence-corrected chi connectivity index (χ1v) is 9.75. The van der Waals surface area contributed by atoms with Crippen molar-refractivity contribution in [3.05, 3.63) is 36.0 Å². The molecule has 0 unspecified atom stereocenters. The number of ether oxygens (including phenoxy) is 1. The Bertz CT molecular complexity index is 949. The Morgan fingerprint density at radius 2 is 2.07 bits per heavy atom. The minimum Gasteiger partial charge on any atom is -0.351 e. The van der Waals surface area contributed by atoms with Crippen LogP contribution in [0.2, 0.25) is 0 Å². The summed E-state index contributed by atoms with van der Waals surface area (Å²) in [6.07, 6.45) is 1.06. The van der Waals surface area contributed by atoms with Gasteiger partial charge in [0.15, 0.2) is 5.72 Å². The lowest BCUT2D eigenvalue weighted by atomic mass is 10.0. The summed E-state index contributed by atoms with van der Waals surface area (Å²) in [5, 5.41) is 1.05. The third-order valence-corrected chi connectivity index (χ3v) is 6.69. The molecule has 3 aliphatic rings. The molecule has 4 heterocycles. The summed E-state index contributed by atoms with van der Waals surface area (Å²) in [5.41, 5.74) is 1.08. The van der Waals surface area contributed by atoms with Gasteiger partial charge in [0.25, 0.3) is 5.91 Å². The van der Waals surface area contributed by atoms with E-state index >= 15 is 0 Å². The predicted molar refractivity (Wildman–Crippen MR) is 101 cm³/mol. The molecule has 0 bridgehead atoms. The summed E-state index contributed by atoms with van der Waals surface area (Å²) >= 11 is 0. The fourth-order valence-corrected chi connectivity index (χ4v) is 5.25. The molecular formula is C21H25N3O3. The number of aromatic nitrogens is 1. The zero-order valence-corrected chi connectivity index (χ0v) is 16.0. The molecule has 1 aromatic carbocycles. The Kier molecular flexibility index (Phi) is 3.47. The number of amides is 2. The number of hydrogen-bond acceptors (Lipinski definition) is 3. The van der Waals surface area contributed by atoms with Gasteiger partial charge >= 0.3 is 0 Å². The molecular weight excluding hydrogens is 342 g/mol. The smallest absolute Gasteiger partial charge is 0.270 e. The summed E-state index contributed by atoms with van der Waals surface area (Å²) in [4.78, 5) is 30.0. The fraction of sp³-hybridized carbons (Fsp3) is 0.524. The molecule has 6 nitrogen and oxygen atoms in total. The zero-order chi connectivity index (χ0) is 18.9.